The van der Waals surface area contributed by atoms with Gasteiger partial charge in [0.15, 0.2) is 0 Å². The molecule has 0 radical (unpaired) electrons. The third-order valence-electron chi connectivity index (χ3n) is 5.15. The number of allylic oxidation sites excluding steroid dienone is 1. The SMILES string of the molecule is CCOC(=O)/C(C#N)=C1\C[C@H]2C[C@H]1[C@@H]1CCC[C@H]21. The highest BCUT2D eigenvalue weighted by Gasteiger charge is 2.52. The molecule has 0 heterocycles. The topological polar surface area (TPSA) is 50.1 Å². The molecule has 96 valence electrons. The molecule has 2 bridgehead atoms. The predicted octanol–water partition coefficient (Wildman–Crippen LogP) is 2.83. The van der Waals surface area contributed by atoms with Gasteiger partial charge in [0.2, 0.25) is 0 Å². The number of nitrogens with zero attached hydrogens (tertiary/aromatic N) is 1. The van der Waals surface area contributed by atoms with Gasteiger partial charge in [0, 0.05) is 0 Å². The van der Waals surface area contributed by atoms with Gasteiger partial charge >= 0.3 is 5.97 Å². The number of nitriles is 1. The van der Waals surface area contributed by atoms with Crippen LogP contribution in [-0.2, 0) is 9.53 Å². The first-order valence-corrected chi connectivity index (χ1v) is 7.06. The molecule has 0 aromatic rings. The van der Waals surface area contributed by atoms with Crippen LogP contribution < -0.4 is 0 Å². The molecule has 0 spiro atoms. The molecular formula is C15H19NO2. The van der Waals surface area contributed by atoms with Crippen LogP contribution in [-0.4, -0.2) is 12.6 Å². The van der Waals surface area contributed by atoms with E-state index < -0.39 is 5.97 Å². The quantitative estimate of drug-likeness (QED) is 0.427. The van der Waals surface area contributed by atoms with Crippen molar-refractivity contribution in [2.45, 2.75) is 39.0 Å². The Morgan fingerprint density at radius 2 is 2.22 bits per heavy atom. The zero-order valence-electron chi connectivity index (χ0n) is 10.8. The van der Waals surface area contributed by atoms with Gasteiger partial charge in [0.05, 0.1) is 6.61 Å². The van der Waals surface area contributed by atoms with Crippen molar-refractivity contribution in [1.29, 1.82) is 5.26 Å². The minimum atomic E-state index is -0.405. The number of fused-ring (bicyclic) bond motifs is 5. The number of rotatable bonds is 2. The molecule has 0 aromatic carbocycles. The molecule has 0 saturated heterocycles. The van der Waals surface area contributed by atoms with Gasteiger partial charge in [-0.1, -0.05) is 6.42 Å². The van der Waals surface area contributed by atoms with E-state index in [1.165, 1.54) is 25.7 Å². The lowest BCUT2D eigenvalue weighted by Gasteiger charge is -2.27. The summed E-state index contributed by atoms with van der Waals surface area (Å²) in [7, 11) is 0. The third kappa shape index (κ3) is 1.59. The first-order chi connectivity index (χ1) is 8.76. The summed E-state index contributed by atoms with van der Waals surface area (Å²) in [5.74, 6) is 2.45. The summed E-state index contributed by atoms with van der Waals surface area (Å²) in [4.78, 5) is 11.8. The third-order valence-corrected chi connectivity index (χ3v) is 5.15. The van der Waals surface area contributed by atoms with E-state index in [1.54, 1.807) is 6.92 Å². The van der Waals surface area contributed by atoms with Crippen LogP contribution in [0.3, 0.4) is 0 Å². The molecule has 3 nitrogen and oxygen atoms in total. The average Bonchev–Trinajstić information content (AvgIpc) is 3.02. The van der Waals surface area contributed by atoms with Crippen molar-refractivity contribution < 1.29 is 9.53 Å². The van der Waals surface area contributed by atoms with E-state index in [9.17, 15) is 10.1 Å². The van der Waals surface area contributed by atoms with Crippen LogP contribution in [0.4, 0.5) is 0 Å². The summed E-state index contributed by atoms with van der Waals surface area (Å²) in [6.07, 6.45) is 6.15. The van der Waals surface area contributed by atoms with Crippen molar-refractivity contribution in [3.63, 3.8) is 0 Å². The Kier molecular flexibility index (Phi) is 2.89. The van der Waals surface area contributed by atoms with Crippen LogP contribution in [0.1, 0.15) is 39.0 Å². The van der Waals surface area contributed by atoms with Crippen molar-refractivity contribution in [2.75, 3.05) is 6.61 Å². The van der Waals surface area contributed by atoms with E-state index in [2.05, 4.69) is 6.07 Å². The van der Waals surface area contributed by atoms with Gasteiger partial charge in [0.25, 0.3) is 0 Å². The number of carbonyl (C=O) groups excluding carboxylic acids is 1. The summed E-state index contributed by atoms with van der Waals surface area (Å²) in [5, 5.41) is 9.24. The number of ether oxygens (including phenoxy) is 1. The molecule has 0 amide bonds. The Balaban J connectivity index is 1.89. The lowest BCUT2D eigenvalue weighted by Crippen LogP contribution is -2.21. The number of hydrogen-bond donors (Lipinski definition) is 0. The fourth-order valence-corrected chi connectivity index (χ4v) is 4.59. The van der Waals surface area contributed by atoms with Gasteiger partial charge in [-0.2, -0.15) is 5.26 Å². The van der Waals surface area contributed by atoms with E-state index in [-0.39, 0.29) is 0 Å². The van der Waals surface area contributed by atoms with Crippen molar-refractivity contribution >= 4 is 5.97 Å². The summed E-state index contributed by atoms with van der Waals surface area (Å²) in [6, 6.07) is 2.10. The Bertz CT molecular complexity index is 446. The second-order valence-electron chi connectivity index (χ2n) is 5.80. The van der Waals surface area contributed by atoms with E-state index in [0.29, 0.717) is 18.1 Å². The Hall–Kier alpha value is -1.30. The number of carbonyl (C=O) groups is 1. The van der Waals surface area contributed by atoms with Gasteiger partial charge in [-0.3, -0.25) is 0 Å². The zero-order valence-corrected chi connectivity index (χ0v) is 10.8. The van der Waals surface area contributed by atoms with Gasteiger partial charge in [-0.25, -0.2) is 4.79 Å². The smallest absolute Gasteiger partial charge is 0.348 e. The van der Waals surface area contributed by atoms with E-state index in [4.69, 9.17) is 4.74 Å². The molecule has 3 saturated carbocycles. The van der Waals surface area contributed by atoms with E-state index in [0.717, 1.165) is 29.7 Å². The maximum Gasteiger partial charge on any atom is 0.348 e. The van der Waals surface area contributed by atoms with Gasteiger partial charge in [-0.15, -0.1) is 0 Å². The minimum absolute atomic E-state index is 0.315. The fourth-order valence-electron chi connectivity index (χ4n) is 4.59. The van der Waals surface area contributed by atoms with E-state index >= 15 is 0 Å². The van der Waals surface area contributed by atoms with Crippen LogP contribution in [0.15, 0.2) is 11.1 Å². The molecule has 3 aliphatic rings. The standard InChI is InChI=1S/C15H19NO2/c1-2-18-15(17)14(8-16)13-7-9-6-12(13)11-5-3-4-10(9)11/h9-12H,2-7H2,1H3/b14-13+/t9-,10-,11-,12+/m1/s1. The zero-order chi connectivity index (χ0) is 12.7. The minimum Gasteiger partial charge on any atom is -0.462 e. The van der Waals surface area contributed by atoms with Crippen molar-refractivity contribution in [3.8, 4) is 6.07 Å². The highest BCUT2D eigenvalue weighted by molar-refractivity contribution is 5.94. The predicted molar refractivity (Wildman–Crippen MR) is 66.3 cm³/mol. The normalized spacial score (nSPS) is 39.3. The van der Waals surface area contributed by atoms with Crippen LogP contribution >= 0.6 is 0 Å². The molecule has 18 heavy (non-hydrogen) atoms. The summed E-state index contributed by atoms with van der Waals surface area (Å²) < 4.78 is 5.01. The summed E-state index contributed by atoms with van der Waals surface area (Å²) in [6.45, 7) is 2.13. The molecule has 0 N–H and O–H groups in total. The van der Waals surface area contributed by atoms with Crippen LogP contribution in [0.2, 0.25) is 0 Å². The van der Waals surface area contributed by atoms with Crippen LogP contribution in [0.25, 0.3) is 0 Å². The van der Waals surface area contributed by atoms with Gasteiger partial charge < -0.3 is 4.74 Å². The first-order valence-electron chi connectivity index (χ1n) is 7.06. The molecule has 0 aromatic heterocycles. The van der Waals surface area contributed by atoms with Gasteiger partial charge in [-0.05, 0) is 61.9 Å². The van der Waals surface area contributed by atoms with Crippen molar-refractivity contribution in [3.05, 3.63) is 11.1 Å². The molecule has 3 aliphatic carbocycles. The highest BCUT2D eigenvalue weighted by atomic mass is 16.5. The Labute approximate surface area is 108 Å². The van der Waals surface area contributed by atoms with Crippen LogP contribution in [0, 0.1) is 35.0 Å². The van der Waals surface area contributed by atoms with E-state index in [1.807, 2.05) is 0 Å². The summed E-state index contributed by atoms with van der Waals surface area (Å²) in [5.41, 5.74) is 1.43. The van der Waals surface area contributed by atoms with Gasteiger partial charge in [0.1, 0.15) is 11.6 Å². The average molecular weight is 245 g/mol. The number of hydrogen-bond acceptors (Lipinski definition) is 3. The fraction of sp³-hybridized carbons (Fsp3) is 0.733. The maximum atomic E-state index is 11.8. The van der Waals surface area contributed by atoms with Crippen LogP contribution in [0.5, 0.6) is 0 Å². The second-order valence-corrected chi connectivity index (χ2v) is 5.80. The highest BCUT2D eigenvalue weighted by Crippen LogP contribution is 2.61. The first kappa shape index (κ1) is 11.8. The van der Waals surface area contributed by atoms with Crippen molar-refractivity contribution in [1.82, 2.24) is 0 Å². The molecule has 0 aliphatic heterocycles. The lowest BCUT2D eigenvalue weighted by molar-refractivity contribution is -0.138. The second kappa shape index (κ2) is 4.42. The molecule has 3 fully saturated rings. The molecule has 3 rings (SSSR count). The molecule has 4 atom stereocenters. The maximum absolute atomic E-state index is 11.8. The number of esters is 1. The summed E-state index contributed by atoms with van der Waals surface area (Å²) >= 11 is 0. The monoisotopic (exact) mass is 245 g/mol. The largest absolute Gasteiger partial charge is 0.462 e. The Morgan fingerprint density at radius 3 is 2.94 bits per heavy atom. The lowest BCUT2D eigenvalue weighted by atomic mass is 9.77. The molecule has 3 heteroatoms. The van der Waals surface area contributed by atoms with Crippen molar-refractivity contribution in [2.24, 2.45) is 23.7 Å². The molecule has 0 unspecified atom stereocenters. The Morgan fingerprint density at radius 1 is 1.44 bits per heavy atom. The molecular weight excluding hydrogens is 226 g/mol.